The van der Waals surface area contributed by atoms with Crippen molar-refractivity contribution in [3.8, 4) is 11.5 Å². The lowest BCUT2D eigenvalue weighted by Crippen LogP contribution is -2.44. The summed E-state index contributed by atoms with van der Waals surface area (Å²) in [6.45, 7) is 3.50. The number of nitrogens with zero attached hydrogens (tertiary/aromatic N) is 2. The summed E-state index contributed by atoms with van der Waals surface area (Å²) in [5, 5.41) is 11.5. The van der Waals surface area contributed by atoms with E-state index in [9.17, 15) is 14.9 Å². The lowest BCUT2D eigenvalue weighted by molar-refractivity contribution is -0.385. The summed E-state index contributed by atoms with van der Waals surface area (Å²) in [6, 6.07) is 2.74. The van der Waals surface area contributed by atoms with Gasteiger partial charge in [-0.3, -0.25) is 14.9 Å². The van der Waals surface area contributed by atoms with Crippen molar-refractivity contribution < 1.29 is 19.2 Å². The molecule has 0 bridgehead atoms. The number of hydrogen-bond acceptors (Lipinski definition) is 5. The van der Waals surface area contributed by atoms with Gasteiger partial charge in [-0.1, -0.05) is 19.3 Å². The van der Waals surface area contributed by atoms with Gasteiger partial charge in [-0.25, -0.2) is 0 Å². The van der Waals surface area contributed by atoms with Gasteiger partial charge >= 0.3 is 0 Å². The Hall–Kier alpha value is -2.31. The van der Waals surface area contributed by atoms with Crippen LogP contribution in [0.25, 0.3) is 0 Å². The number of methoxy groups -OCH3 is 1. The molecular weight excluding hydrogens is 336 g/mol. The molecule has 2 atom stereocenters. The molecule has 26 heavy (non-hydrogen) atoms. The average Bonchev–Trinajstić information content (AvgIpc) is 2.66. The molecule has 2 aliphatic rings. The smallest absolute Gasteiger partial charge is 0.286 e. The van der Waals surface area contributed by atoms with Gasteiger partial charge in [0.1, 0.15) is 5.56 Å². The number of hydrogen-bond donors (Lipinski definition) is 0. The molecule has 0 unspecified atom stereocenters. The van der Waals surface area contributed by atoms with E-state index in [1.165, 1.54) is 38.5 Å². The molecule has 7 heteroatoms. The highest BCUT2D eigenvalue weighted by atomic mass is 16.6. The van der Waals surface area contributed by atoms with Crippen molar-refractivity contribution in [3.05, 3.63) is 27.8 Å². The Balaban J connectivity index is 1.89. The minimum Gasteiger partial charge on any atom is -0.493 e. The number of carbonyl (C=O) groups is 1. The van der Waals surface area contributed by atoms with Gasteiger partial charge in [0, 0.05) is 19.2 Å². The topological polar surface area (TPSA) is 81.9 Å². The number of nitro groups is 1. The maximum Gasteiger partial charge on any atom is 0.286 e. The molecule has 0 N–H and O–H groups in total. The first-order valence-corrected chi connectivity index (χ1v) is 9.33. The Labute approximate surface area is 153 Å². The van der Waals surface area contributed by atoms with Crippen LogP contribution in [0.15, 0.2) is 12.1 Å². The Morgan fingerprint density at radius 1 is 1.23 bits per heavy atom. The van der Waals surface area contributed by atoms with Crippen LogP contribution in [-0.4, -0.2) is 42.5 Å². The molecule has 1 saturated carbocycles. The van der Waals surface area contributed by atoms with Crippen LogP contribution in [0.5, 0.6) is 11.5 Å². The van der Waals surface area contributed by atoms with Crippen LogP contribution in [-0.2, 0) is 0 Å². The van der Waals surface area contributed by atoms with Crippen molar-refractivity contribution >= 4 is 11.6 Å². The lowest BCUT2D eigenvalue weighted by atomic mass is 9.75. The average molecular weight is 362 g/mol. The van der Waals surface area contributed by atoms with Crippen LogP contribution in [0, 0.1) is 22.0 Å². The van der Waals surface area contributed by atoms with Crippen LogP contribution < -0.4 is 9.47 Å². The van der Waals surface area contributed by atoms with Gasteiger partial charge in [-0.05, 0) is 31.6 Å². The van der Waals surface area contributed by atoms with E-state index in [1.807, 2.05) is 0 Å². The van der Waals surface area contributed by atoms with Crippen LogP contribution in [0.1, 0.15) is 49.4 Å². The van der Waals surface area contributed by atoms with Gasteiger partial charge in [-0.2, -0.15) is 0 Å². The summed E-state index contributed by atoms with van der Waals surface area (Å²) in [4.78, 5) is 25.8. The molecule has 1 aliphatic heterocycles. The van der Waals surface area contributed by atoms with E-state index < -0.39 is 4.92 Å². The first-order valence-electron chi connectivity index (χ1n) is 9.33. The molecule has 0 radical (unpaired) electrons. The van der Waals surface area contributed by atoms with Crippen molar-refractivity contribution in [1.82, 2.24) is 4.90 Å². The number of piperidine rings is 1. The molecule has 1 aromatic carbocycles. The number of ether oxygens (including phenoxy) is 2. The van der Waals surface area contributed by atoms with Gasteiger partial charge in [0.25, 0.3) is 11.6 Å². The summed E-state index contributed by atoms with van der Waals surface area (Å²) in [6.07, 6.45) is 5.85. The maximum atomic E-state index is 13.1. The fourth-order valence-corrected chi connectivity index (χ4v) is 4.26. The van der Waals surface area contributed by atoms with Gasteiger partial charge in [0.15, 0.2) is 11.5 Å². The Morgan fingerprint density at radius 3 is 2.62 bits per heavy atom. The molecule has 1 aliphatic carbocycles. The molecule has 1 aromatic rings. The first-order chi connectivity index (χ1) is 12.5. The molecule has 0 aromatic heterocycles. The highest BCUT2D eigenvalue weighted by molar-refractivity contribution is 5.99. The van der Waals surface area contributed by atoms with E-state index in [2.05, 4.69) is 0 Å². The minimum absolute atomic E-state index is 0.0737. The zero-order valence-electron chi connectivity index (χ0n) is 15.4. The number of likely N-dealkylation sites (tertiary alicyclic amines) is 1. The van der Waals surface area contributed by atoms with Crippen LogP contribution in [0.2, 0.25) is 0 Å². The van der Waals surface area contributed by atoms with Crippen LogP contribution in [0.3, 0.4) is 0 Å². The fourth-order valence-electron chi connectivity index (χ4n) is 4.26. The number of rotatable bonds is 5. The molecule has 2 fully saturated rings. The number of carbonyl (C=O) groups excluding carboxylic acids is 1. The normalized spacial score (nSPS) is 22.5. The zero-order chi connectivity index (χ0) is 18.7. The van der Waals surface area contributed by atoms with Gasteiger partial charge in [0.2, 0.25) is 0 Å². The van der Waals surface area contributed by atoms with Crippen molar-refractivity contribution in [3.63, 3.8) is 0 Å². The van der Waals surface area contributed by atoms with Crippen molar-refractivity contribution in [2.75, 3.05) is 26.8 Å². The molecule has 0 spiro atoms. The number of benzene rings is 1. The largest absolute Gasteiger partial charge is 0.493 e. The quantitative estimate of drug-likeness (QED) is 0.590. The Bertz CT molecular complexity index is 691. The van der Waals surface area contributed by atoms with Gasteiger partial charge < -0.3 is 14.4 Å². The second-order valence-electron chi connectivity index (χ2n) is 7.05. The summed E-state index contributed by atoms with van der Waals surface area (Å²) < 4.78 is 10.7. The number of fused-ring (bicyclic) bond motifs is 1. The van der Waals surface area contributed by atoms with Crippen molar-refractivity contribution in [1.29, 1.82) is 0 Å². The lowest BCUT2D eigenvalue weighted by Gasteiger charge is -2.41. The Morgan fingerprint density at radius 2 is 1.96 bits per heavy atom. The molecule has 1 heterocycles. The molecule has 1 amide bonds. The minimum atomic E-state index is -0.525. The number of nitro benzene ring substituents is 1. The van der Waals surface area contributed by atoms with Crippen molar-refractivity contribution in [2.24, 2.45) is 11.8 Å². The SMILES string of the molecule is CCOc1cc([N+](=O)[O-])c(C(=O)N2CC[C@H]3CCCC[C@H]3C2)cc1OC. The maximum absolute atomic E-state index is 13.1. The third-order valence-electron chi connectivity index (χ3n) is 5.59. The van der Waals surface area contributed by atoms with Crippen molar-refractivity contribution in [2.45, 2.75) is 39.0 Å². The molecular formula is C19H26N2O5. The molecule has 142 valence electrons. The number of amides is 1. The van der Waals surface area contributed by atoms with E-state index in [4.69, 9.17) is 9.47 Å². The zero-order valence-corrected chi connectivity index (χ0v) is 15.4. The molecule has 7 nitrogen and oxygen atoms in total. The van der Waals surface area contributed by atoms with E-state index in [0.717, 1.165) is 12.8 Å². The third-order valence-corrected chi connectivity index (χ3v) is 5.59. The monoisotopic (exact) mass is 362 g/mol. The molecule has 3 rings (SSSR count). The fraction of sp³-hybridized carbons (Fsp3) is 0.632. The van der Waals surface area contributed by atoms with Crippen LogP contribution in [0.4, 0.5) is 5.69 Å². The summed E-state index contributed by atoms with van der Waals surface area (Å²) >= 11 is 0. The highest BCUT2D eigenvalue weighted by Crippen LogP contribution is 2.39. The van der Waals surface area contributed by atoms with Crippen LogP contribution >= 0.6 is 0 Å². The van der Waals surface area contributed by atoms with E-state index in [-0.39, 0.29) is 22.9 Å². The standard InChI is InChI=1S/C19H26N2O5/c1-3-26-18-11-16(21(23)24)15(10-17(18)25-2)19(22)20-9-8-13-6-4-5-7-14(13)12-20/h10-11,13-14H,3-9,12H2,1-2H3/t13-,14+/m1/s1. The second kappa shape index (κ2) is 7.93. The van der Waals surface area contributed by atoms with E-state index in [0.29, 0.717) is 37.3 Å². The third kappa shape index (κ3) is 3.61. The van der Waals surface area contributed by atoms with Gasteiger partial charge in [0.05, 0.1) is 24.7 Å². The van der Waals surface area contributed by atoms with E-state index >= 15 is 0 Å². The summed E-state index contributed by atoms with van der Waals surface area (Å²) in [5.74, 6) is 1.54. The predicted octanol–water partition coefficient (Wildman–Crippen LogP) is 3.65. The predicted molar refractivity (Wildman–Crippen MR) is 96.8 cm³/mol. The first kappa shape index (κ1) is 18.5. The van der Waals surface area contributed by atoms with E-state index in [1.54, 1.807) is 11.8 Å². The summed E-state index contributed by atoms with van der Waals surface area (Å²) in [5.41, 5.74) is -0.158. The van der Waals surface area contributed by atoms with Gasteiger partial charge in [-0.15, -0.1) is 0 Å². The second-order valence-corrected chi connectivity index (χ2v) is 7.05. The summed E-state index contributed by atoms with van der Waals surface area (Å²) in [7, 11) is 1.46. The Kier molecular flexibility index (Phi) is 5.64. The highest BCUT2D eigenvalue weighted by Gasteiger charge is 2.35. The molecule has 1 saturated heterocycles.